The van der Waals surface area contributed by atoms with Crippen LogP contribution in [0.25, 0.3) is 11.2 Å². The van der Waals surface area contributed by atoms with Crippen LogP contribution in [0.2, 0.25) is 0 Å². The minimum Gasteiger partial charge on any atom is -0.393 e. The van der Waals surface area contributed by atoms with Gasteiger partial charge < -0.3 is 20.7 Å². The van der Waals surface area contributed by atoms with E-state index in [1.54, 1.807) is 4.57 Å². The molecule has 4 atom stereocenters. The van der Waals surface area contributed by atoms with E-state index in [1.165, 1.54) is 6.33 Å². The predicted octanol–water partition coefficient (Wildman–Crippen LogP) is -1.27. The van der Waals surface area contributed by atoms with Crippen molar-refractivity contribution in [2.45, 2.75) is 30.8 Å². The second kappa shape index (κ2) is 4.03. The topological polar surface area (TPSA) is 139 Å². The van der Waals surface area contributed by atoms with Gasteiger partial charge in [-0.1, -0.05) is 0 Å². The molecule has 1 aliphatic carbocycles. The normalized spacial score (nSPS) is 34.9. The second-order valence-corrected chi connectivity index (χ2v) is 5.65. The van der Waals surface area contributed by atoms with Gasteiger partial charge in [-0.2, -0.15) is 4.98 Å². The number of fused-ring (bicyclic) bond motifs is 3. The van der Waals surface area contributed by atoms with Crippen molar-refractivity contribution in [2.24, 2.45) is 5.92 Å². The number of aliphatic hydroxyl groups excluding tert-OH is 2. The maximum atomic E-state index is 11.8. The fourth-order valence-corrected chi connectivity index (χ4v) is 3.46. The first-order valence-corrected chi connectivity index (χ1v) is 6.75. The Kier molecular flexibility index (Phi) is 2.44. The Bertz CT molecular complexity index is 771. The van der Waals surface area contributed by atoms with Gasteiger partial charge in [0.15, 0.2) is 11.2 Å². The summed E-state index contributed by atoms with van der Waals surface area (Å²) in [6.07, 6.45) is 1.53. The average Bonchev–Trinajstić information content (AvgIpc) is 3.09. The van der Waals surface area contributed by atoms with Crippen LogP contribution in [0.4, 0.5) is 5.95 Å². The molecule has 2 aliphatic rings. The van der Waals surface area contributed by atoms with E-state index >= 15 is 0 Å². The number of ether oxygens (including phenoxy) is 1. The summed E-state index contributed by atoms with van der Waals surface area (Å²) in [4.78, 5) is 22.3. The van der Waals surface area contributed by atoms with E-state index in [9.17, 15) is 15.0 Å². The summed E-state index contributed by atoms with van der Waals surface area (Å²) in [7, 11) is 0. The lowest BCUT2D eigenvalue weighted by Crippen LogP contribution is -2.40. The molecule has 9 nitrogen and oxygen atoms in total. The third-order valence-corrected chi connectivity index (χ3v) is 4.56. The maximum absolute atomic E-state index is 11.8. The van der Waals surface area contributed by atoms with Gasteiger partial charge >= 0.3 is 0 Å². The van der Waals surface area contributed by atoms with Crippen LogP contribution in [-0.4, -0.2) is 48.0 Å². The summed E-state index contributed by atoms with van der Waals surface area (Å²) in [5.41, 5.74) is 4.70. The molecule has 2 aromatic heterocycles. The summed E-state index contributed by atoms with van der Waals surface area (Å²) in [5.74, 6) is -0.174. The molecule has 2 fully saturated rings. The molecule has 0 aromatic carbocycles. The van der Waals surface area contributed by atoms with Gasteiger partial charge in [0.1, 0.15) is 11.8 Å². The molecular formula is C12H15N5O4. The van der Waals surface area contributed by atoms with E-state index in [4.69, 9.17) is 10.5 Å². The molecule has 1 saturated heterocycles. The molecule has 112 valence electrons. The molecular weight excluding hydrogens is 278 g/mol. The maximum Gasteiger partial charge on any atom is 0.280 e. The van der Waals surface area contributed by atoms with Crippen LogP contribution in [0.3, 0.4) is 0 Å². The monoisotopic (exact) mass is 293 g/mol. The zero-order valence-electron chi connectivity index (χ0n) is 11.1. The van der Waals surface area contributed by atoms with E-state index in [0.717, 1.165) is 6.42 Å². The Morgan fingerprint density at radius 2 is 2.43 bits per heavy atom. The quantitative estimate of drug-likeness (QED) is 0.541. The van der Waals surface area contributed by atoms with Gasteiger partial charge in [-0.3, -0.25) is 14.3 Å². The van der Waals surface area contributed by atoms with Crippen LogP contribution >= 0.6 is 0 Å². The Balaban J connectivity index is 1.84. The summed E-state index contributed by atoms with van der Waals surface area (Å²) in [5, 5.41) is 19.8. The highest BCUT2D eigenvalue weighted by atomic mass is 16.6. The number of anilines is 1. The van der Waals surface area contributed by atoms with E-state index in [-0.39, 0.29) is 24.0 Å². The molecule has 0 unspecified atom stereocenters. The van der Waals surface area contributed by atoms with Gasteiger partial charge in [-0.25, -0.2) is 4.98 Å². The van der Waals surface area contributed by atoms with Gasteiger partial charge in [-0.05, 0) is 12.8 Å². The lowest BCUT2D eigenvalue weighted by atomic mass is 10.0. The molecule has 9 heteroatoms. The number of imidazole rings is 1. The first-order valence-electron chi connectivity index (χ1n) is 6.75. The van der Waals surface area contributed by atoms with Crippen LogP contribution in [0.5, 0.6) is 0 Å². The number of hydrogen-bond donors (Lipinski definition) is 4. The van der Waals surface area contributed by atoms with Gasteiger partial charge in [0.2, 0.25) is 5.95 Å². The van der Waals surface area contributed by atoms with E-state index in [0.29, 0.717) is 12.1 Å². The van der Waals surface area contributed by atoms with Crippen LogP contribution in [0, 0.1) is 5.92 Å². The highest BCUT2D eigenvalue weighted by molar-refractivity contribution is 5.70. The zero-order chi connectivity index (χ0) is 14.8. The Morgan fingerprint density at radius 3 is 3.14 bits per heavy atom. The number of nitrogen functional groups attached to an aromatic ring is 1. The third kappa shape index (κ3) is 1.53. The molecule has 21 heavy (non-hydrogen) atoms. The number of rotatable bonds is 2. The van der Waals surface area contributed by atoms with Crippen molar-refractivity contribution in [3.8, 4) is 0 Å². The fourth-order valence-electron chi connectivity index (χ4n) is 3.46. The summed E-state index contributed by atoms with van der Waals surface area (Å²) in [6.45, 7) is -0.246. The minimum absolute atomic E-state index is 0.00479. The lowest BCUT2D eigenvalue weighted by molar-refractivity contribution is -0.138. The van der Waals surface area contributed by atoms with Crippen molar-refractivity contribution in [3.63, 3.8) is 0 Å². The molecule has 0 radical (unpaired) electrons. The fraction of sp³-hybridized carbons (Fsp3) is 0.583. The first kappa shape index (κ1) is 12.7. The molecule has 2 bridgehead atoms. The van der Waals surface area contributed by atoms with E-state index in [1.807, 2.05) is 0 Å². The first-order chi connectivity index (χ1) is 10.1. The number of aromatic amines is 1. The van der Waals surface area contributed by atoms with Crippen molar-refractivity contribution < 1.29 is 14.9 Å². The number of aliphatic hydroxyl groups is 2. The standard InChI is InChI=1S/C12H15N5O4/c13-11-15-8-6(9(20)16-11)14-4-17(8)10-5-1-2-12(3-18,21-10)7(5)19/h4-5,7,10,18-19H,1-3H2,(H3,13,15,16,20)/t5-,7+,10-,12-/m1/s1. The zero-order valence-corrected chi connectivity index (χ0v) is 11.1. The molecule has 0 amide bonds. The van der Waals surface area contributed by atoms with E-state index < -0.39 is 23.5 Å². The largest absolute Gasteiger partial charge is 0.393 e. The molecule has 1 aliphatic heterocycles. The predicted molar refractivity (Wildman–Crippen MR) is 71.2 cm³/mol. The van der Waals surface area contributed by atoms with Gasteiger partial charge in [0.25, 0.3) is 5.56 Å². The van der Waals surface area contributed by atoms with Crippen molar-refractivity contribution >= 4 is 17.1 Å². The van der Waals surface area contributed by atoms with Gasteiger partial charge in [0, 0.05) is 5.92 Å². The van der Waals surface area contributed by atoms with E-state index in [2.05, 4.69) is 15.0 Å². The summed E-state index contributed by atoms with van der Waals surface area (Å²) < 4.78 is 7.47. The highest BCUT2D eigenvalue weighted by Gasteiger charge is 2.60. The summed E-state index contributed by atoms with van der Waals surface area (Å²) >= 11 is 0. The van der Waals surface area contributed by atoms with Gasteiger partial charge in [0.05, 0.1) is 19.0 Å². The number of aromatic nitrogens is 4. The van der Waals surface area contributed by atoms with Crippen LogP contribution < -0.4 is 11.3 Å². The second-order valence-electron chi connectivity index (χ2n) is 5.65. The highest BCUT2D eigenvalue weighted by Crippen LogP contribution is 2.52. The van der Waals surface area contributed by atoms with Crippen molar-refractivity contribution in [1.82, 2.24) is 19.5 Å². The summed E-state index contributed by atoms with van der Waals surface area (Å²) in [6, 6.07) is 0. The molecule has 5 N–H and O–H groups in total. The van der Waals surface area contributed by atoms with Crippen molar-refractivity contribution in [2.75, 3.05) is 12.3 Å². The Hall–Kier alpha value is -1.97. The lowest BCUT2D eigenvalue weighted by Gasteiger charge is -2.29. The number of nitrogens with one attached hydrogen (secondary N) is 1. The van der Waals surface area contributed by atoms with Gasteiger partial charge in [-0.15, -0.1) is 0 Å². The minimum atomic E-state index is -0.932. The van der Waals surface area contributed by atoms with Crippen LogP contribution in [0.1, 0.15) is 19.1 Å². The average molecular weight is 293 g/mol. The number of nitrogens with zero attached hydrogens (tertiary/aromatic N) is 3. The SMILES string of the molecule is Nc1nc2c(ncn2[C@@H]2O[C@@]3(CO)CC[C@@H]2[C@@H]3O)c(=O)[nH]1. The smallest absolute Gasteiger partial charge is 0.280 e. The number of H-pyrrole nitrogens is 1. The molecule has 2 aromatic rings. The van der Waals surface area contributed by atoms with Crippen LogP contribution in [0.15, 0.2) is 11.1 Å². The molecule has 1 saturated carbocycles. The van der Waals surface area contributed by atoms with Crippen LogP contribution in [-0.2, 0) is 4.74 Å². The molecule has 3 heterocycles. The molecule has 0 spiro atoms. The van der Waals surface area contributed by atoms with Crippen molar-refractivity contribution in [3.05, 3.63) is 16.7 Å². The van der Waals surface area contributed by atoms with Crippen molar-refractivity contribution in [1.29, 1.82) is 0 Å². The number of hydrogen-bond acceptors (Lipinski definition) is 7. The molecule has 4 rings (SSSR count). The Labute approximate surface area is 118 Å². The third-order valence-electron chi connectivity index (χ3n) is 4.56. The Morgan fingerprint density at radius 1 is 1.62 bits per heavy atom. The number of nitrogens with two attached hydrogens (primary N) is 1.